The Kier molecular flexibility index (Phi) is 9.31. The van der Waals surface area contributed by atoms with Crippen molar-refractivity contribution in [2.75, 3.05) is 4.90 Å². The van der Waals surface area contributed by atoms with Gasteiger partial charge in [-0.25, -0.2) is 13.2 Å². The number of ether oxygens (including phenoxy) is 1. The molecule has 2 unspecified atom stereocenters. The van der Waals surface area contributed by atoms with Crippen molar-refractivity contribution in [2.45, 2.75) is 17.8 Å². The van der Waals surface area contributed by atoms with Crippen molar-refractivity contribution >= 4 is 23.1 Å². The van der Waals surface area contributed by atoms with Crippen LogP contribution in [0, 0.1) is 24.4 Å². The molecule has 70 heavy (non-hydrogen) atoms. The molecule has 0 radical (unpaired) electrons. The Bertz CT molecular complexity index is 3750. The molecule has 2 nitrogen and oxygen atoms in total. The molecule has 3 aliphatic rings. The number of benzene rings is 10. The van der Waals surface area contributed by atoms with Gasteiger partial charge < -0.3 is 9.64 Å². The molecule has 13 rings (SSSR count). The van der Waals surface area contributed by atoms with Crippen LogP contribution in [0.25, 0.3) is 39.5 Å². The molecule has 0 heterocycles. The van der Waals surface area contributed by atoms with Crippen LogP contribution in [0.3, 0.4) is 0 Å². The molecule has 0 N–H and O–H groups in total. The first kappa shape index (κ1) is 41.5. The first-order chi connectivity index (χ1) is 34.3. The molecule has 0 amide bonds. The van der Waals surface area contributed by atoms with Crippen molar-refractivity contribution in [3.63, 3.8) is 0 Å². The number of aryl methyl sites for hydroxylation is 1. The normalized spacial score (nSPS) is 16.5. The van der Waals surface area contributed by atoms with Crippen molar-refractivity contribution in [1.29, 1.82) is 0 Å². The number of halogens is 3. The lowest BCUT2D eigenvalue weighted by atomic mass is 9.67. The standard InChI is InChI=1S/C65H42F3NO/c1-3-41-20-30-47(31-21-41)70-48-32-24-43(25-33-48)64(42-22-26-44(66)27-23-42)55-14-7-4-11-49(55)53-35-28-45(38-59(53)64)69(62-18-10-17-61(67)63(62)68)46-29-36-54-51-13-6-9-16-57(51)65(60(54)39-46)56-15-8-5-12-50(56)52-34-19-40(2)37-58(52)65/h3-39H,1H2,2H3. The Hall–Kier alpha value is -8.67. The number of hydrogen-bond donors (Lipinski definition) is 0. The predicted octanol–water partition coefficient (Wildman–Crippen LogP) is 17.0. The smallest absolute Gasteiger partial charge is 0.182 e. The molecule has 0 fully saturated rings. The lowest BCUT2D eigenvalue weighted by Crippen LogP contribution is -2.29. The zero-order valence-corrected chi connectivity index (χ0v) is 38.1. The fraction of sp³-hybridized carbons (Fsp3) is 0.0462. The quantitative estimate of drug-likeness (QED) is 0.151. The maximum absolute atomic E-state index is 16.8. The molecule has 0 aliphatic heterocycles. The van der Waals surface area contributed by atoms with Gasteiger partial charge in [-0.2, -0.15) is 0 Å². The summed E-state index contributed by atoms with van der Waals surface area (Å²) in [5, 5.41) is 0. The third-order valence-corrected chi connectivity index (χ3v) is 14.9. The molecule has 10 aromatic rings. The van der Waals surface area contributed by atoms with Gasteiger partial charge in [0.1, 0.15) is 17.3 Å². The van der Waals surface area contributed by atoms with Gasteiger partial charge in [0.25, 0.3) is 0 Å². The maximum atomic E-state index is 16.8. The largest absolute Gasteiger partial charge is 0.457 e. The molecule has 0 saturated heterocycles. The summed E-state index contributed by atoms with van der Waals surface area (Å²) in [6.45, 7) is 6.00. The fourth-order valence-electron chi connectivity index (χ4n) is 11.9. The fourth-order valence-corrected chi connectivity index (χ4v) is 11.9. The molecule has 1 spiro atoms. The highest BCUT2D eigenvalue weighted by atomic mass is 19.2. The van der Waals surface area contributed by atoms with Crippen molar-refractivity contribution in [2.24, 2.45) is 0 Å². The molecule has 5 heteroatoms. The Labute approximate surface area is 404 Å². The minimum Gasteiger partial charge on any atom is -0.457 e. The highest BCUT2D eigenvalue weighted by Crippen LogP contribution is 2.64. The topological polar surface area (TPSA) is 12.5 Å². The van der Waals surface area contributed by atoms with Gasteiger partial charge in [0, 0.05) is 11.4 Å². The minimum atomic E-state index is -0.968. The summed E-state index contributed by atoms with van der Waals surface area (Å²) < 4.78 is 53.9. The van der Waals surface area contributed by atoms with Gasteiger partial charge in [0.15, 0.2) is 11.6 Å². The highest BCUT2D eigenvalue weighted by molar-refractivity contribution is 5.97. The van der Waals surface area contributed by atoms with Crippen LogP contribution in [0.1, 0.15) is 55.6 Å². The number of anilines is 3. The van der Waals surface area contributed by atoms with E-state index in [4.69, 9.17) is 4.74 Å². The van der Waals surface area contributed by atoms with E-state index in [9.17, 15) is 4.39 Å². The predicted molar refractivity (Wildman–Crippen MR) is 276 cm³/mol. The Morgan fingerprint density at radius 3 is 1.44 bits per heavy atom. The van der Waals surface area contributed by atoms with Crippen LogP contribution in [0.4, 0.5) is 30.2 Å². The second kappa shape index (κ2) is 15.7. The van der Waals surface area contributed by atoms with E-state index in [-0.39, 0.29) is 11.5 Å². The first-order valence-electron chi connectivity index (χ1n) is 23.5. The van der Waals surface area contributed by atoms with Crippen molar-refractivity contribution in [3.8, 4) is 44.9 Å². The van der Waals surface area contributed by atoms with Gasteiger partial charge in [-0.3, -0.25) is 0 Å². The molecule has 0 aromatic heterocycles. The molecule has 334 valence electrons. The van der Waals surface area contributed by atoms with Crippen LogP contribution in [-0.4, -0.2) is 0 Å². The SMILES string of the molecule is C=Cc1ccc(Oc2ccc(C3(c4ccc(F)cc4)c4ccccc4-c4ccc(N(c5ccc6c(c5)C5(c7ccccc7-c7ccc(C)cc75)c5ccccc5-6)c5cccc(F)c5F)cc43)cc2)cc1. The minimum absolute atomic E-state index is 0.0676. The molecule has 0 saturated carbocycles. The Morgan fingerprint density at radius 1 is 0.429 bits per heavy atom. The van der Waals surface area contributed by atoms with Gasteiger partial charge >= 0.3 is 0 Å². The second-order valence-corrected chi connectivity index (χ2v) is 18.5. The second-order valence-electron chi connectivity index (χ2n) is 18.5. The average Bonchev–Trinajstić information content (AvgIpc) is 3.98. The molecule has 10 aromatic carbocycles. The number of hydrogen-bond acceptors (Lipinski definition) is 2. The van der Waals surface area contributed by atoms with E-state index in [1.165, 1.54) is 39.9 Å². The van der Waals surface area contributed by atoms with Crippen molar-refractivity contribution < 1.29 is 17.9 Å². The maximum Gasteiger partial charge on any atom is 0.182 e. The van der Waals surface area contributed by atoms with Crippen LogP contribution in [0.2, 0.25) is 0 Å². The van der Waals surface area contributed by atoms with Crippen molar-refractivity contribution in [3.05, 3.63) is 298 Å². The summed E-state index contributed by atoms with van der Waals surface area (Å²) in [5.74, 6) is -0.921. The molecule has 3 aliphatic carbocycles. The van der Waals surface area contributed by atoms with E-state index in [2.05, 4.69) is 129 Å². The van der Waals surface area contributed by atoms with Crippen LogP contribution in [0.5, 0.6) is 11.5 Å². The molecular formula is C65H42F3NO. The van der Waals surface area contributed by atoms with Crippen LogP contribution >= 0.6 is 0 Å². The van der Waals surface area contributed by atoms with E-state index < -0.39 is 22.5 Å². The highest BCUT2D eigenvalue weighted by Gasteiger charge is 2.52. The monoisotopic (exact) mass is 909 g/mol. The van der Waals surface area contributed by atoms with E-state index in [1.54, 1.807) is 18.2 Å². The third kappa shape index (κ3) is 5.88. The van der Waals surface area contributed by atoms with E-state index in [0.717, 1.165) is 67.3 Å². The van der Waals surface area contributed by atoms with Crippen molar-refractivity contribution in [1.82, 2.24) is 0 Å². The lowest BCUT2D eigenvalue weighted by molar-refractivity contribution is 0.482. The van der Waals surface area contributed by atoms with Crippen LogP contribution < -0.4 is 9.64 Å². The number of fused-ring (bicyclic) bond motifs is 13. The molecule has 2 atom stereocenters. The summed E-state index contributed by atoms with van der Waals surface area (Å²) in [6, 6.07) is 71.6. The molecular weight excluding hydrogens is 868 g/mol. The van der Waals surface area contributed by atoms with Gasteiger partial charge in [0.05, 0.1) is 16.5 Å². The van der Waals surface area contributed by atoms with E-state index >= 15 is 8.78 Å². The Balaban J connectivity index is 1.04. The molecule has 0 bridgehead atoms. The summed E-state index contributed by atoms with van der Waals surface area (Å²) in [5.41, 5.74) is 16.8. The zero-order chi connectivity index (χ0) is 47.3. The van der Waals surface area contributed by atoms with Gasteiger partial charge in [-0.15, -0.1) is 0 Å². The summed E-state index contributed by atoms with van der Waals surface area (Å²) >= 11 is 0. The van der Waals surface area contributed by atoms with Crippen LogP contribution in [-0.2, 0) is 10.8 Å². The van der Waals surface area contributed by atoms with E-state index in [0.29, 0.717) is 22.9 Å². The number of nitrogens with zero attached hydrogens (tertiary/aromatic N) is 1. The van der Waals surface area contributed by atoms with Gasteiger partial charge in [0.2, 0.25) is 0 Å². The Morgan fingerprint density at radius 2 is 0.886 bits per heavy atom. The van der Waals surface area contributed by atoms with Crippen LogP contribution in [0.15, 0.2) is 225 Å². The average molecular weight is 910 g/mol. The zero-order valence-electron chi connectivity index (χ0n) is 38.1. The van der Waals surface area contributed by atoms with Gasteiger partial charge in [-0.05, 0) is 163 Å². The third-order valence-electron chi connectivity index (χ3n) is 14.9. The van der Waals surface area contributed by atoms with Gasteiger partial charge in [-0.1, -0.05) is 164 Å². The summed E-state index contributed by atoms with van der Waals surface area (Å²) in [7, 11) is 0. The lowest BCUT2D eigenvalue weighted by Gasteiger charge is -2.35. The number of rotatable bonds is 8. The summed E-state index contributed by atoms with van der Waals surface area (Å²) in [4.78, 5) is 1.85. The first-order valence-corrected chi connectivity index (χ1v) is 23.5. The van der Waals surface area contributed by atoms with E-state index in [1.807, 2.05) is 77.7 Å². The summed E-state index contributed by atoms with van der Waals surface area (Å²) in [6.07, 6.45) is 1.79.